The van der Waals surface area contributed by atoms with Gasteiger partial charge in [0.15, 0.2) is 0 Å². The van der Waals surface area contributed by atoms with E-state index in [1.165, 1.54) is 12.1 Å². The zero-order chi connectivity index (χ0) is 15.3. The quantitative estimate of drug-likeness (QED) is 0.453. The second-order valence-corrected chi connectivity index (χ2v) is 5.71. The van der Waals surface area contributed by atoms with Crippen molar-refractivity contribution in [2.75, 3.05) is 6.54 Å². The standard InChI is InChI=1S/C11H14N2O6S.Na/c1-7-2-4-8(5-3-7)20(18,19)13-9(10(14)15)6-12-11(16)17;/h2-5,9,12-13H,6H2,1H3,(H,14,15)(H,16,17);/q;+1/p-1/t9-;/m0./s1. The van der Waals surface area contributed by atoms with Crippen LogP contribution in [-0.2, 0) is 14.8 Å². The number of nitrogens with one attached hydrogen (secondary N) is 2. The number of hydrogen-bond donors (Lipinski definition) is 3. The van der Waals surface area contributed by atoms with Crippen LogP contribution >= 0.6 is 0 Å². The van der Waals surface area contributed by atoms with Gasteiger partial charge in [0.05, 0.1) is 16.9 Å². The van der Waals surface area contributed by atoms with E-state index in [4.69, 9.17) is 5.11 Å². The Bertz CT molecular complexity index is 602. The van der Waals surface area contributed by atoms with Crippen LogP contribution in [0.2, 0.25) is 0 Å². The van der Waals surface area contributed by atoms with Crippen molar-refractivity contribution >= 4 is 22.1 Å². The van der Waals surface area contributed by atoms with E-state index in [0.29, 0.717) is 0 Å². The molecule has 1 aromatic carbocycles. The molecule has 1 aromatic rings. The van der Waals surface area contributed by atoms with Gasteiger partial charge in [-0.3, -0.25) is 0 Å². The Balaban J connectivity index is 0.00000400. The molecule has 0 aliphatic heterocycles. The molecule has 1 rings (SSSR count). The van der Waals surface area contributed by atoms with Gasteiger partial charge >= 0.3 is 35.7 Å². The zero-order valence-corrected chi connectivity index (χ0v) is 14.3. The third-order valence-electron chi connectivity index (χ3n) is 2.37. The number of sulfonamides is 1. The average Bonchev–Trinajstić information content (AvgIpc) is 2.34. The molecule has 0 bridgehead atoms. The first-order valence-corrected chi connectivity index (χ1v) is 6.97. The second-order valence-electron chi connectivity index (χ2n) is 3.99. The number of carbonyl (C=O) groups is 2. The Kier molecular flexibility index (Phi) is 7.90. The predicted molar refractivity (Wildman–Crippen MR) is 66.3 cm³/mol. The molecule has 0 aliphatic carbocycles. The molecule has 1 amide bonds. The maximum absolute atomic E-state index is 11.9. The summed E-state index contributed by atoms with van der Waals surface area (Å²) in [4.78, 5) is 21.0. The first-order chi connectivity index (χ1) is 9.22. The van der Waals surface area contributed by atoms with E-state index in [1.807, 2.05) is 4.72 Å². The zero-order valence-electron chi connectivity index (χ0n) is 11.5. The number of hydrogen-bond acceptors (Lipinski definition) is 5. The summed E-state index contributed by atoms with van der Waals surface area (Å²) in [6, 6.07) is 4.04. The van der Waals surface area contributed by atoms with Crippen LogP contribution in [0.15, 0.2) is 29.2 Å². The Morgan fingerprint density at radius 3 is 2.24 bits per heavy atom. The number of carbonyl (C=O) groups excluding carboxylic acids is 1. The topological polar surface area (TPSA) is 136 Å². The normalized spacial score (nSPS) is 12.0. The molecule has 110 valence electrons. The molecule has 8 nitrogen and oxygen atoms in total. The molecule has 0 spiro atoms. The second kappa shape index (κ2) is 8.35. The van der Waals surface area contributed by atoms with Gasteiger partial charge in [-0.15, -0.1) is 0 Å². The van der Waals surface area contributed by atoms with E-state index in [-0.39, 0.29) is 34.5 Å². The van der Waals surface area contributed by atoms with E-state index in [9.17, 15) is 23.1 Å². The Hall–Kier alpha value is -1.13. The number of benzene rings is 1. The molecule has 0 radical (unpaired) electrons. The molecule has 21 heavy (non-hydrogen) atoms. The van der Waals surface area contributed by atoms with Gasteiger partial charge in [-0.05, 0) is 19.1 Å². The molecule has 0 saturated carbocycles. The van der Waals surface area contributed by atoms with Crippen molar-refractivity contribution in [1.82, 2.24) is 10.0 Å². The maximum Gasteiger partial charge on any atom is 1.00 e. The molecule has 10 heteroatoms. The fourth-order valence-electron chi connectivity index (χ4n) is 1.34. The Labute approximate surface area is 143 Å². The van der Waals surface area contributed by atoms with Crippen molar-refractivity contribution in [3.05, 3.63) is 29.8 Å². The van der Waals surface area contributed by atoms with Crippen LogP contribution in [0.3, 0.4) is 0 Å². The average molecular weight is 324 g/mol. The van der Waals surface area contributed by atoms with Crippen molar-refractivity contribution in [3.8, 4) is 0 Å². The van der Waals surface area contributed by atoms with E-state index in [0.717, 1.165) is 5.56 Å². The van der Waals surface area contributed by atoms with E-state index < -0.39 is 34.7 Å². The van der Waals surface area contributed by atoms with Crippen LogP contribution in [0.5, 0.6) is 0 Å². The molecule has 0 aliphatic rings. The van der Waals surface area contributed by atoms with Crippen LogP contribution in [0.4, 0.5) is 4.79 Å². The van der Waals surface area contributed by atoms with Crippen LogP contribution in [0.25, 0.3) is 0 Å². The van der Waals surface area contributed by atoms with Crippen molar-refractivity contribution in [1.29, 1.82) is 0 Å². The number of rotatable bonds is 6. The van der Waals surface area contributed by atoms with Gasteiger partial charge in [0.25, 0.3) is 0 Å². The van der Waals surface area contributed by atoms with E-state index in [1.54, 1.807) is 24.4 Å². The predicted octanol–water partition coefficient (Wildman–Crippen LogP) is -4.34. The monoisotopic (exact) mass is 324 g/mol. The SMILES string of the molecule is Cc1ccc(S(=O)(=O)N[C@@H](CNC(=O)O)C(=O)[O-])cc1.[Na+]. The minimum absolute atomic E-state index is 0. The third-order valence-corrected chi connectivity index (χ3v) is 3.86. The van der Waals surface area contributed by atoms with Crippen molar-refractivity contribution in [3.63, 3.8) is 0 Å². The summed E-state index contributed by atoms with van der Waals surface area (Å²) in [5.74, 6) is -1.73. The van der Waals surface area contributed by atoms with Gasteiger partial charge in [-0.2, -0.15) is 0 Å². The van der Waals surface area contributed by atoms with Gasteiger partial charge in [0.1, 0.15) is 0 Å². The third kappa shape index (κ3) is 6.44. The number of carboxylic acids is 1. The van der Waals surface area contributed by atoms with Gasteiger partial charge in [-0.1, -0.05) is 17.7 Å². The number of aryl methyl sites for hydroxylation is 1. The van der Waals surface area contributed by atoms with Crippen molar-refractivity contribution in [2.24, 2.45) is 0 Å². The van der Waals surface area contributed by atoms with Gasteiger partial charge < -0.3 is 20.3 Å². The summed E-state index contributed by atoms with van der Waals surface area (Å²) < 4.78 is 25.7. The largest absolute Gasteiger partial charge is 1.00 e. The minimum Gasteiger partial charge on any atom is -0.548 e. The molecule has 3 N–H and O–H groups in total. The fraction of sp³-hybridized carbons (Fsp3) is 0.273. The summed E-state index contributed by atoms with van der Waals surface area (Å²) in [7, 11) is -4.07. The van der Waals surface area contributed by atoms with E-state index in [2.05, 4.69) is 0 Å². The summed E-state index contributed by atoms with van der Waals surface area (Å²) >= 11 is 0. The van der Waals surface area contributed by atoms with E-state index >= 15 is 0 Å². The van der Waals surface area contributed by atoms with Crippen LogP contribution in [0.1, 0.15) is 5.56 Å². The van der Waals surface area contributed by atoms with Gasteiger partial charge in [0, 0.05) is 6.54 Å². The van der Waals surface area contributed by atoms with Gasteiger partial charge in [-0.25, -0.2) is 17.9 Å². The van der Waals surface area contributed by atoms with Crippen LogP contribution < -0.4 is 44.7 Å². The van der Waals surface area contributed by atoms with Crippen LogP contribution in [0, 0.1) is 6.92 Å². The molecule has 0 heterocycles. The molecule has 1 atom stereocenters. The summed E-state index contributed by atoms with van der Waals surface area (Å²) in [5.41, 5.74) is 0.841. The first-order valence-electron chi connectivity index (χ1n) is 5.49. The Morgan fingerprint density at radius 1 is 1.29 bits per heavy atom. The fourth-order valence-corrected chi connectivity index (χ4v) is 2.52. The first kappa shape index (κ1) is 19.9. The molecular weight excluding hydrogens is 311 g/mol. The molecule has 0 aromatic heterocycles. The summed E-state index contributed by atoms with van der Waals surface area (Å²) in [5, 5.41) is 21.0. The molecule has 0 unspecified atom stereocenters. The molecule has 0 saturated heterocycles. The van der Waals surface area contributed by atoms with Crippen molar-refractivity contribution in [2.45, 2.75) is 17.9 Å². The minimum atomic E-state index is -4.07. The number of carboxylic acid groups (broad SMARTS) is 2. The number of aliphatic carboxylic acids is 1. The van der Waals surface area contributed by atoms with Gasteiger partial charge in [0.2, 0.25) is 10.0 Å². The molecule has 0 fully saturated rings. The van der Waals surface area contributed by atoms with Crippen molar-refractivity contribution < 1.29 is 57.8 Å². The summed E-state index contributed by atoms with van der Waals surface area (Å²) in [6.45, 7) is 1.13. The maximum atomic E-state index is 11.9. The summed E-state index contributed by atoms with van der Waals surface area (Å²) in [6.07, 6.45) is -1.47. The number of amides is 1. The Morgan fingerprint density at radius 2 is 1.81 bits per heavy atom. The smallest absolute Gasteiger partial charge is 0.548 e. The molecular formula is C11H13N2NaO6S. The van der Waals surface area contributed by atoms with Crippen LogP contribution in [-0.4, -0.2) is 38.2 Å².